The average molecular weight is 399 g/mol. The first-order valence-electron chi connectivity index (χ1n) is 9.81. The van der Waals surface area contributed by atoms with Crippen LogP contribution < -0.4 is 0 Å². The summed E-state index contributed by atoms with van der Waals surface area (Å²) in [7, 11) is 0. The molecule has 0 bridgehead atoms. The van der Waals surface area contributed by atoms with Gasteiger partial charge in [0.15, 0.2) is 5.78 Å². The molecular weight excluding hydrogens is 378 g/mol. The number of rotatable bonds is 7. The maximum atomic E-state index is 12.6. The van der Waals surface area contributed by atoms with Crippen LogP contribution in [0.3, 0.4) is 0 Å². The normalized spacial score (nSPS) is 10.8. The molecule has 0 radical (unpaired) electrons. The molecule has 0 spiro atoms. The van der Waals surface area contributed by atoms with E-state index in [4.69, 9.17) is 4.74 Å². The van der Waals surface area contributed by atoms with Crippen molar-refractivity contribution in [3.63, 3.8) is 0 Å². The number of Topliss-reactive ketones (excluding diaryl/α,β-unsaturated/α-hetero) is 1. The minimum atomic E-state index is -0.376. The van der Waals surface area contributed by atoms with Crippen LogP contribution in [0.2, 0.25) is 0 Å². The minimum Gasteiger partial charge on any atom is -0.461 e. The number of pyridine rings is 2. The first-order valence-corrected chi connectivity index (χ1v) is 9.81. The third-order valence-electron chi connectivity index (χ3n) is 4.90. The lowest BCUT2D eigenvalue weighted by molar-refractivity contribution is 0.0520. The van der Waals surface area contributed by atoms with Crippen molar-refractivity contribution in [2.75, 3.05) is 6.61 Å². The van der Waals surface area contributed by atoms with Gasteiger partial charge in [0.2, 0.25) is 0 Å². The summed E-state index contributed by atoms with van der Waals surface area (Å²) in [6.07, 6.45) is 7.87. The molecule has 1 N–H and O–H groups in total. The average Bonchev–Trinajstić information content (AvgIpc) is 3.22. The summed E-state index contributed by atoms with van der Waals surface area (Å²) in [6.45, 7) is 2.10. The van der Waals surface area contributed by atoms with Crippen molar-refractivity contribution in [3.05, 3.63) is 84.1 Å². The highest BCUT2D eigenvalue weighted by atomic mass is 16.5. The molecule has 0 aliphatic heterocycles. The zero-order valence-electron chi connectivity index (χ0n) is 16.6. The van der Waals surface area contributed by atoms with Crippen LogP contribution in [0.1, 0.15) is 39.8 Å². The van der Waals surface area contributed by atoms with E-state index in [9.17, 15) is 9.59 Å². The van der Waals surface area contributed by atoms with E-state index in [1.807, 2.05) is 36.4 Å². The highest BCUT2D eigenvalue weighted by Gasteiger charge is 2.12. The Morgan fingerprint density at radius 3 is 2.60 bits per heavy atom. The number of carbonyl (C=O) groups excluding carboxylic acids is 2. The SMILES string of the molecule is CCOC(=O)c1cc2cc(-c3cncc(C(=O)CCc4ccncc4)c3)ccc2[nH]1. The van der Waals surface area contributed by atoms with Gasteiger partial charge in [-0.15, -0.1) is 0 Å². The van der Waals surface area contributed by atoms with Crippen LogP contribution in [-0.2, 0) is 11.2 Å². The molecule has 6 heteroatoms. The summed E-state index contributed by atoms with van der Waals surface area (Å²) in [4.78, 5) is 35.9. The molecule has 6 nitrogen and oxygen atoms in total. The number of esters is 1. The molecule has 4 aromatic rings. The van der Waals surface area contributed by atoms with E-state index in [0.717, 1.165) is 27.6 Å². The fourth-order valence-electron chi connectivity index (χ4n) is 3.33. The number of hydrogen-bond acceptors (Lipinski definition) is 5. The van der Waals surface area contributed by atoms with E-state index >= 15 is 0 Å². The summed E-state index contributed by atoms with van der Waals surface area (Å²) in [5, 5.41) is 0.893. The second-order valence-corrected chi connectivity index (χ2v) is 6.95. The maximum absolute atomic E-state index is 12.6. The number of H-pyrrole nitrogens is 1. The number of fused-ring (bicyclic) bond motifs is 1. The summed E-state index contributed by atoms with van der Waals surface area (Å²) < 4.78 is 5.05. The molecule has 3 heterocycles. The van der Waals surface area contributed by atoms with Gasteiger partial charge in [0.1, 0.15) is 5.69 Å². The van der Waals surface area contributed by atoms with E-state index in [0.29, 0.717) is 30.7 Å². The number of nitrogens with zero attached hydrogens (tertiary/aromatic N) is 2. The minimum absolute atomic E-state index is 0.0495. The van der Waals surface area contributed by atoms with Crippen LogP contribution in [-0.4, -0.2) is 33.3 Å². The number of nitrogens with one attached hydrogen (secondary N) is 1. The molecule has 0 unspecified atom stereocenters. The summed E-state index contributed by atoms with van der Waals surface area (Å²) in [5.74, 6) is -0.327. The Kier molecular flexibility index (Phi) is 5.66. The number of aromatic nitrogens is 3. The molecule has 0 saturated carbocycles. The lowest BCUT2D eigenvalue weighted by Gasteiger charge is -2.05. The first-order chi connectivity index (χ1) is 14.6. The third-order valence-corrected chi connectivity index (χ3v) is 4.90. The first kappa shape index (κ1) is 19.5. The molecule has 30 heavy (non-hydrogen) atoms. The molecule has 0 fully saturated rings. The van der Waals surface area contributed by atoms with Gasteiger partial charge in [-0.05, 0) is 60.9 Å². The smallest absolute Gasteiger partial charge is 0.354 e. The maximum Gasteiger partial charge on any atom is 0.354 e. The Balaban J connectivity index is 1.54. The Hall–Kier alpha value is -3.80. The fourth-order valence-corrected chi connectivity index (χ4v) is 3.33. The van der Waals surface area contributed by atoms with E-state index in [1.165, 1.54) is 0 Å². The highest BCUT2D eigenvalue weighted by molar-refractivity contribution is 5.98. The Labute approximate surface area is 174 Å². The van der Waals surface area contributed by atoms with Crippen molar-refractivity contribution < 1.29 is 14.3 Å². The van der Waals surface area contributed by atoms with Crippen LogP contribution in [0, 0.1) is 0 Å². The molecule has 3 aromatic heterocycles. The molecular formula is C24H21N3O3. The Morgan fingerprint density at radius 1 is 0.967 bits per heavy atom. The second-order valence-electron chi connectivity index (χ2n) is 6.95. The van der Waals surface area contributed by atoms with E-state index < -0.39 is 0 Å². The van der Waals surface area contributed by atoms with Gasteiger partial charge >= 0.3 is 5.97 Å². The monoisotopic (exact) mass is 399 g/mol. The zero-order valence-corrected chi connectivity index (χ0v) is 16.6. The summed E-state index contributed by atoms with van der Waals surface area (Å²) >= 11 is 0. The largest absolute Gasteiger partial charge is 0.461 e. The Bertz CT molecular complexity index is 1200. The van der Waals surface area contributed by atoms with Crippen molar-refractivity contribution >= 4 is 22.7 Å². The molecule has 0 atom stereocenters. The highest BCUT2D eigenvalue weighted by Crippen LogP contribution is 2.26. The number of benzene rings is 1. The molecule has 0 saturated heterocycles. The van der Waals surface area contributed by atoms with Crippen molar-refractivity contribution in [3.8, 4) is 11.1 Å². The van der Waals surface area contributed by atoms with Crippen LogP contribution in [0.4, 0.5) is 0 Å². The summed E-state index contributed by atoms with van der Waals surface area (Å²) in [5.41, 5.74) is 4.71. The van der Waals surface area contributed by atoms with Crippen LogP contribution in [0.25, 0.3) is 22.0 Å². The number of aryl methyl sites for hydroxylation is 1. The van der Waals surface area contributed by atoms with E-state index in [-0.39, 0.29) is 11.8 Å². The number of ether oxygens (including phenoxy) is 1. The zero-order chi connectivity index (χ0) is 20.9. The van der Waals surface area contributed by atoms with Gasteiger partial charge in [0, 0.05) is 53.2 Å². The van der Waals surface area contributed by atoms with E-state index in [2.05, 4.69) is 15.0 Å². The molecule has 0 aliphatic carbocycles. The predicted octanol–water partition coefficient (Wildman–Crippen LogP) is 4.62. The van der Waals surface area contributed by atoms with Crippen molar-refractivity contribution in [1.29, 1.82) is 0 Å². The number of carbonyl (C=O) groups is 2. The third kappa shape index (κ3) is 4.27. The second kappa shape index (κ2) is 8.69. The quantitative estimate of drug-likeness (QED) is 0.362. The standard InChI is InChI=1S/C24H21N3O3/c1-2-30-24(29)22-13-18-11-17(4-5-21(18)27-22)19-12-20(15-26-14-19)23(28)6-3-16-7-9-25-10-8-16/h4-5,7-15,27H,2-3,6H2,1H3. The van der Waals surface area contributed by atoms with Gasteiger partial charge in [-0.3, -0.25) is 14.8 Å². The van der Waals surface area contributed by atoms with Gasteiger partial charge < -0.3 is 9.72 Å². The lowest BCUT2D eigenvalue weighted by atomic mass is 10.0. The van der Waals surface area contributed by atoms with Gasteiger partial charge in [0.05, 0.1) is 6.61 Å². The predicted molar refractivity (Wildman–Crippen MR) is 114 cm³/mol. The van der Waals surface area contributed by atoms with Crippen LogP contribution in [0.15, 0.2) is 67.3 Å². The molecule has 4 rings (SSSR count). The molecule has 0 amide bonds. The molecule has 0 aliphatic rings. The van der Waals surface area contributed by atoms with Gasteiger partial charge in [-0.2, -0.15) is 0 Å². The molecule has 150 valence electrons. The Morgan fingerprint density at radius 2 is 1.80 bits per heavy atom. The lowest BCUT2D eigenvalue weighted by Crippen LogP contribution is -2.04. The van der Waals surface area contributed by atoms with Crippen molar-refractivity contribution in [2.24, 2.45) is 0 Å². The van der Waals surface area contributed by atoms with Gasteiger partial charge in [0.25, 0.3) is 0 Å². The summed E-state index contributed by atoms with van der Waals surface area (Å²) in [6, 6.07) is 13.3. The number of ketones is 1. The fraction of sp³-hybridized carbons (Fsp3) is 0.167. The molecule has 1 aromatic carbocycles. The van der Waals surface area contributed by atoms with Crippen LogP contribution >= 0.6 is 0 Å². The number of hydrogen-bond donors (Lipinski definition) is 1. The number of aromatic amines is 1. The van der Waals surface area contributed by atoms with E-state index in [1.54, 1.807) is 37.8 Å². The van der Waals surface area contributed by atoms with Gasteiger partial charge in [-0.1, -0.05) is 6.07 Å². The van der Waals surface area contributed by atoms with Gasteiger partial charge in [-0.25, -0.2) is 4.79 Å². The van der Waals surface area contributed by atoms with Crippen LogP contribution in [0.5, 0.6) is 0 Å². The topological polar surface area (TPSA) is 84.9 Å². The van der Waals surface area contributed by atoms with Crippen molar-refractivity contribution in [2.45, 2.75) is 19.8 Å². The van der Waals surface area contributed by atoms with Crippen molar-refractivity contribution in [1.82, 2.24) is 15.0 Å².